The van der Waals surface area contributed by atoms with Gasteiger partial charge in [-0.2, -0.15) is 0 Å². The van der Waals surface area contributed by atoms with Crippen molar-refractivity contribution in [1.82, 2.24) is 0 Å². The predicted octanol–water partition coefficient (Wildman–Crippen LogP) is 0.716. The van der Waals surface area contributed by atoms with Gasteiger partial charge in [-0.3, -0.25) is 0 Å². The zero-order chi connectivity index (χ0) is 10.2. The normalized spacial score (nSPS) is 10.3. The Balaban J connectivity index is 3.46. The van der Waals surface area contributed by atoms with Crippen molar-refractivity contribution in [2.45, 2.75) is 6.92 Å². The van der Waals surface area contributed by atoms with E-state index < -0.39 is 24.2 Å². The smallest absolute Gasteiger partial charge is 0.423 e. The molecule has 2 nitrogen and oxygen atoms in total. The first-order chi connectivity index (χ1) is 5.95. The maximum Gasteiger partial charge on any atom is 0.494 e. The standard InChI is InChI=1S/C7H6BBrF2O2/c1-3-2-4(9)7(11)5(6(3)10)8(12)13/h2,12-13H,1H3. The maximum atomic E-state index is 13.1. The average molecular weight is 251 g/mol. The molecule has 0 unspecified atom stereocenters. The Hall–Kier alpha value is -0.455. The van der Waals surface area contributed by atoms with Crippen molar-refractivity contribution in [3.05, 3.63) is 27.7 Å². The lowest BCUT2D eigenvalue weighted by Gasteiger charge is -2.07. The van der Waals surface area contributed by atoms with Gasteiger partial charge in [-0.1, -0.05) is 0 Å². The quantitative estimate of drug-likeness (QED) is 0.570. The summed E-state index contributed by atoms with van der Waals surface area (Å²) in [5, 5.41) is 17.4. The Kier molecular flexibility index (Phi) is 3.05. The molecule has 0 aromatic heterocycles. The number of hydrogen-bond acceptors (Lipinski definition) is 2. The van der Waals surface area contributed by atoms with E-state index >= 15 is 0 Å². The molecule has 2 N–H and O–H groups in total. The molecule has 0 amide bonds. The fraction of sp³-hybridized carbons (Fsp3) is 0.143. The van der Waals surface area contributed by atoms with Gasteiger partial charge in [0.1, 0.15) is 11.6 Å². The molecule has 0 fully saturated rings. The third-order valence-corrected chi connectivity index (χ3v) is 2.21. The van der Waals surface area contributed by atoms with E-state index in [1.165, 1.54) is 13.0 Å². The summed E-state index contributed by atoms with van der Waals surface area (Å²) in [6.45, 7) is 1.41. The number of benzene rings is 1. The van der Waals surface area contributed by atoms with Crippen LogP contribution in [-0.2, 0) is 0 Å². The average Bonchev–Trinajstić information content (AvgIpc) is 2.01. The molecule has 0 heterocycles. The molecule has 0 saturated heterocycles. The minimum absolute atomic E-state index is 0.00880. The fourth-order valence-corrected chi connectivity index (χ4v) is 1.54. The highest BCUT2D eigenvalue weighted by atomic mass is 79.9. The van der Waals surface area contributed by atoms with Gasteiger partial charge in [0.2, 0.25) is 0 Å². The van der Waals surface area contributed by atoms with Crippen LogP contribution >= 0.6 is 15.9 Å². The summed E-state index contributed by atoms with van der Waals surface area (Å²) in [5.74, 6) is -1.92. The summed E-state index contributed by atoms with van der Waals surface area (Å²) in [4.78, 5) is 0. The van der Waals surface area contributed by atoms with Crippen molar-refractivity contribution in [2.24, 2.45) is 0 Å². The minimum Gasteiger partial charge on any atom is -0.423 e. The van der Waals surface area contributed by atoms with Crippen LogP contribution in [0.4, 0.5) is 8.78 Å². The largest absolute Gasteiger partial charge is 0.494 e. The number of aryl methyl sites for hydroxylation is 1. The zero-order valence-corrected chi connectivity index (χ0v) is 8.27. The molecule has 0 aliphatic rings. The first-order valence-electron chi connectivity index (χ1n) is 3.45. The minimum atomic E-state index is -2.14. The topological polar surface area (TPSA) is 40.5 Å². The Morgan fingerprint density at radius 3 is 2.31 bits per heavy atom. The molecular formula is C7H6BBrF2O2. The molecule has 0 aliphatic carbocycles. The summed E-state index contributed by atoms with van der Waals surface area (Å²) in [5.41, 5.74) is -0.580. The Labute approximate surface area is 82.5 Å². The summed E-state index contributed by atoms with van der Waals surface area (Å²) in [6, 6.07) is 1.23. The van der Waals surface area contributed by atoms with E-state index in [1.807, 2.05) is 0 Å². The van der Waals surface area contributed by atoms with Crippen LogP contribution < -0.4 is 5.46 Å². The van der Waals surface area contributed by atoms with E-state index in [2.05, 4.69) is 15.9 Å². The number of hydrogen-bond donors (Lipinski definition) is 2. The molecule has 1 aromatic carbocycles. The van der Waals surface area contributed by atoms with E-state index in [-0.39, 0.29) is 10.0 Å². The second-order valence-electron chi connectivity index (χ2n) is 2.59. The first kappa shape index (κ1) is 10.6. The highest BCUT2D eigenvalue weighted by Gasteiger charge is 2.24. The Morgan fingerprint density at radius 2 is 1.85 bits per heavy atom. The molecule has 1 aromatic rings. The van der Waals surface area contributed by atoms with Crippen LogP contribution in [-0.4, -0.2) is 17.2 Å². The van der Waals surface area contributed by atoms with Crippen LogP contribution in [0, 0.1) is 18.6 Å². The molecule has 13 heavy (non-hydrogen) atoms. The third kappa shape index (κ3) is 1.90. The molecule has 0 radical (unpaired) electrons. The third-order valence-electron chi connectivity index (χ3n) is 1.63. The molecule has 70 valence electrons. The van der Waals surface area contributed by atoms with Crippen molar-refractivity contribution < 1.29 is 18.8 Å². The molecule has 0 spiro atoms. The van der Waals surface area contributed by atoms with Crippen molar-refractivity contribution in [3.63, 3.8) is 0 Å². The highest BCUT2D eigenvalue weighted by molar-refractivity contribution is 9.10. The molecule has 1 rings (SSSR count). The van der Waals surface area contributed by atoms with Gasteiger partial charge in [-0.05, 0) is 34.5 Å². The fourth-order valence-electron chi connectivity index (χ4n) is 0.981. The van der Waals surface area contributed by atoms with Gasteiger partial charge in [-0.25, -0.2) is 8.78 Å². The van der Waals surface area contributed by atoms with Crippen LogP contribution in [0.15, 0.2) is 10.5 Å². The van der Waals surface area contributed by atoms with E-state index in [4.69, 9.17) is 10.0 Å². The van der Waals surface area contributed by atoms with E-state index in [0.29, 0.717) is 0 Å². The van der Waals surface area contributed by atoms with Crippen LogP contribution in [0.25, 0.3) is 0 Å². The van der Waals surface area contributed by atoms with Crippen molar-refractivity contribution in [3.8, 4) is 0 Å². The maximum absolute atomic E-state index is 13.1. The molecule has 6 heteroatoms. The summed E-state index contributed by atoms with van der Waals surface area (Å²) in [7, 11) is -2.14. The molecular weight excluding hydrogens is 245 g/mol. The lowest BCUT2D eigenvalue weighted by Crippen LogP contribution is -2.36. The van der Waals surface area contributed by atoms with E-state index in [1.54, 1.807) is 0 Å². The van der Waals surface area contributed by atoms with E-state index in [9.17, 15) is 8.78 Å². The number of rotatable bonds is 1. The second-order valence-corrected chi connectivity index (χ2v) is 3.44. The Morgan fingerprint density at radius 1 is 1.31 bits per heavy atom. The lowest BCUT2D eigenvalue weighted by molar-refractivity contribution is 0.419. The van der Waals surface area contributed by atoms with Gasteiger partial charge in [0, 0.05) is 0 Å². The van der Waals surface area contributed by atoms with Crippen LogP contribution in [0.3, 0.4) is 0 Å². The molecule has 0 bridgehead atoms. The first-order valence-corrected chi connectivity index (χ1v) is 4.24. The predicted molar refractivity (Wildman–Crippen MR) is 48.6 cm³/mol. The van der Waals surface area contributed by atoms with Gasteiger partial charge >= 0.3 is 7.12 Å². The molecule has 0 aliphatic heterocycles. The van der Waals surface area contributed by atoms with E-state index in [0.717, 1.165) is 0 Å². The van der Waals surface area contributed by atoms with Gasteiger partial charge in [0.15, 0.2) is 0 Å². The summed E-state index contributed by atoms with van der Waals surface area (Å²) in [6.07, 6.45) is 0. The zero-order valence-electron chi connectivity index (χ0n) is 6.68. The van der Waals surface area contributed by atoms with Gasteiger partial charge in [0.25, 0.3) is 0 Å². The van der Waals surface area contributed by atoms with Gasteiger partial charge in [0.05, 0.1) is 9.94 Å². The molecule has 0 saturated carbocycles. The van der Waals surface area contributed by atoms with Crippen LogP contribution in [0.1, 0.15) is 5.56 Å². The molecule has 0 atom stereocenters. The van der Waals surface area contributed by atoms with Crippen molar-refractivity contribution in [2.75, 3.05) is 0 Å². The monoisotopic (exact) mass is 250 g/mol. The highest BCUT2D eigenvalue weighted by Crippen LogP contribution is 2.17. The van der Waals surface area contributed by atoms with Gasteiger partial charge < -0.3 is 10.0 Å². The summed E-state index contributed by atoms with van der Waals surface area (Å²) < 4.78 is 26.2. The lowest BCUT2D eigenvalue weighted by atomic mass is 9.78. The SMILES string of the molecule is Cc1cc(Br)c(F)c(B(O)O)c1F. The van der Waals surface area contributed by atoms with Crippen LogP contribution in [0.2, 0.25) is 0 Å². The second kappa shape index (κ2) is 3.73. The Bertz CT molecular complexity index is 318. The van der Waals surface area contributed by atoms with Crippen molar-refractivity contribution in [1.29, 1.82) is 0 Å². The van der Waals surface area contributed by atoms with Crippen molar-refractivity contribution >= 4 is 28.5 Å². The van der Waals surface area contributed by atoms with Gasteiger partial charge in [-0.15, -0.1) is 0 Å². The summed E-state index contributed by atoms with van der Waals surface area (Å²) >= 11 is 2.84. The van der Waals surface area contributed by atoms with Crippen LogP contribution in [0.5, 0.6) is 0 Å². The number of halogens is 3.